The molecule has 0 aliphatic carbocycles. The molecule has 0 saturated heterocycles. The highest BCUT2D eigenvalue weighted by atomic mass is 35.5. The molecule has 0 spiro atoms. The minimum absolute atomic E-state index is 0.197. The van der Waals surface area contributed by atoms with E-state index in [1.165, 1.54) is 4.88 Å². The normalized spacial score (nSPS) is 13.3. The highest BCUT2D eigenvalue weighted by molar-refractivity contribution is 7.09. The first-order chi connectivity index (χ1) is 5.29. The maximum atomic E-state index is 5.74. The van der Waals surface area contributed by atoms with E-state index in [0.717, 1.165) is 13.1 Å². The fourth-order valence-corrected chi connectivity index (χ4v) is 1.40. The van der Waals surface area contributed by atoms with Crippen molar-refractivity contribution in [2.24, 2.45) is 0 Å². The molecular formula is C7H11ClN2S. The second-order valence-electron chi connectivity index (χ2n) is 2.38. The Balaban J connectivity index is 2.14. The fourth-order valence-electron chi connectivity index (χ4n) is 0.724. The van der Waals surface area contributed by atoms with Gasteiger partial charge in [-0.1, -0.05) is 0 Å². The first-order valence-corrected chi connectivity index (χ1v) is 4.83. The van der Waals surface area contributed by atoms with Crippen LogP contribution in [0, 0.1) is 0 Å². The van der Waals surface area contributed by atoms with E-state index in [1.54, 1.807) is 11.3 Å². The number of alkyl halides is 1. The van der Waals surface area contributed by atoms with Gasteiger partial charge in [0.1, 0.15) is 0 Å². The third kappa shape index (κ3) is 3.70. The zero-order chi connectivity index (χ0) is 8.10. The number of thiazole rings is 1. The van der Waals surface area contributed by atoms with Crippen molar-refractivity contribution >= 4 is 22.9 Å². The van der Waals surface area contributed by atoms with Crippen LogP contribution in [0.4, 0.5) is 0 Å². The van der Waals surface area contributed by atoms with Gasteiger partial charge in [-0.05, 0) is 6.92 Å². The quantitative estimate of drug-likeness (QED) is 0.734. The second-order valence-corrected chi connectivity index (χ2v) is 4.10. The van der Waals surface area contributed by atoms with E-state index in [1.807, 2.05) is 18.6 Å². The van der Waals surface area contributed by atoms with Crippen LogP contribution in [0.5, 0.6) is 0 Å². The third-order valence-electron chi connectivity index (χ3n) is 1.21. The minimum Gasteiger partial charge on any atom is -0.310 e. The van der Waals surface area contributed by atoms with Crippen LogP contribution < -0.4 is 5.32 Å². The zero-order valence-electron chi connectivity index (χ0n) is 6.38. The molecule has 0 saturated carbocycles. The molecule has 1 aromatic rings. The van der Waals surface area contributed by atoms with E-state index >= 15 is 0 Å². The molecule has 2 nitrogen and oxygen atoms in total. The van der Waals surface area contributed by atoms with Gasteiger partial charge in [-0.25, -0.2) is 0 Å². The van der Waals surface area contributed by atoms with E-state index in [4.69, 9.17) is 11.6 Å². The van der Waals surface area contributed by atoms with Crippen molar-refractivity contribution in [3.8, 4) is 0 Å². The number of halogens is 1. The van der Waals surface area contributed by atoms with Crippen molar-refractivity contribution < 1.29 is 0 Å². The summed E-state index contributed by atoms with van der Waals surface area (Å²) in [6.07, 6.45) is 1.87. The van der Waals surface area contributed by atoms with Crippen LogP contribution in [0.2, 0.25) is 0 Å². The zero-order valence-corrected chi connectivity index (χ0v) is 7.95. The first kappa shape index (κ1) is 8.97. The molecule has 0 aliphatic heterocycles. The van der Waals surface area contributed by atoms with Gasteiger partial charge in [-0.15, -0.1) is 22.9 Å². The van der Waals surface area contributed by atoms with Gasteiger partial charge in [-0.3, -0.25) is 4.98 Å². The Morgan fingerprint density at radius 3 is 3.18 bits per heavy atom. The van der Waals surface area contributed by atoms with Gasteiger partial charge in [0, 0.05) is 29.5 Å². The topological polar surface area (TPSA) is 24.9 Å². The lowest BCUT2D eigenvalue weighted by molar-refractivity contribution is 0.685. The number of rotatable bonds is 4. The Hall–Kier alpha value is -0.120. The fraction of sp³-hybridized carbons (Fsp3) is 0.571. The van der Waals surface area contributed by atoms with Crippen LogP contribution in [0.25, 0.3) is 0 Å². The van der Waals surface area contributed by atoms with E-state index in [0.29, 0.717) is 0 Å². The molecule has 4 heteroatoms. The monoisotopic (exact) mass is 190 g/mol. The molecule has 0 aromatic carbocycles. The largest absolute Gasteiger partial charge is 0.310 e. The highest BCUT2D eigenvalue weighted by Gasteiger charge is 1.96. The van der Waals surface area contributed by atoms with Crippen LogP contribution in [-0.4, -0.2) is 16.9 Å². The van der Waals surface area contributed by atoms with Gasteiger partial charge in [-0.2, -0.15) is 0 Å². The number of aromatic nitrogens is 1. The molecule has 0 aliphatic rings. The number of hydrogen-bond donors (Lipinski definition) is 1. The van der Waals surface area contributed by atoms with Crippen LogP contribution in [0.1, 0.15) is 11.8 Å². The van der Waals surface area contributed by atoms with Crippen molar-refractivity contribution in [1.29, 1.82) is 0 Å². The van der Waals surface area contributed by atoms with Crippen molar-refractivity contribution in [3.63, 3.8) is 0 Å². The summed E-state index contributed by atoms with van der Waals surface area (Å²) in [5.41, 5.74) is 1.83. The van der Waals surface area contributed by atoms with E-state index in [-0.39, 0.29) is 5.38 Å². The molecule has 1 rings (SSSR count). The molecule has 0 bridgehead atoms. The molecule has 0 amide bonds. The van der Waals surface area contributed by atoms with Crippen LogP contribution in [0.15, 0.2) is 11.7 Å². The lowest BCUT2D eigenvalue weighted by Crippen LogP contribution is -2.20. The molecule has 0 radical (unpaired) electrons. The second kappa shape index (κ2) is 4.70. The Morgan fingerprint density at radius 2 is 2.64 bits per heavy atom. The van der Waals surface area contributed by atoms with Crippen molar-refractivity contribution in [3.05, 3.63) is 16.6 Å². The molecule has 1 N–H and O–H groups in total. The highest BCUT2D eigenvalue weighted by Crippen LogP contribution is 2.04. The van der Waals surface area contributed by atoms with Crippen molar-refractivity contribution in [2.75, 3.05) is 6.54 Å². The summed E-state index contributed by atoms with van der Waals surface area (Å²) in [6.45, 7) is 3.70. The smallest absolute Gasteiger partial charge is 0.0794 e. The number of nitrogens with one attached hydrogen (secondary N) is 1. The van der Waals surface area contributed by atoms with E-state index < -0.39 is 0 Å². The summed E-state index contributed by atoms with van der Waals surface area (Å²) in [7, 11) is 0. The SMILES string of the molecule is CC(Cl)CNCc1cncs1. The first-order valence-electron chi connectivity index (χ1n) is 3.51. The predicted molar refractivity (Wildman–Crippen MR) is 49.1 cm³/mol. The molecule has 11 heavy (non-hydrogen) atoms. The lowest BCUT2D eigenvalue weighted by atomic mass is 10.4. The van der Waals surface area contributed by atoms with Crippen molar-refractivity contribution in [1.82, 2.24) is 10.3 Å². The van der Waals surface area contributed by atoms with Gasteiger partial charge in [0.15, 0.2) is 0 Å². The Morgan fingerprint density at radius 1 is 1.82 bits per heavy atom. The summed E-state index contributed by atoms with van der Waals surface area (Å²) < 4.78 is 0. The average molecular weight is 191 g/mol. The summed E-state index contributed by atoms with van der Waals surface area (Å²) >= 11 is 7.40. The minimum atomic E-state index is 0.197. The van der Waals surface area contributed by atoms with Crippen molar-refractivity contribution in [2.45, 2.75) is 18.8 Å². The predicted octanol–water partition coefficient (Wildman–Crippen LogP) is 1.86. The number of nitrogens with zero attached hydrogens (tertiary/aromatic N) is 1. The van der Waals surface area contributed by atoms with Gasteiger partial charge in [0.25, 0.3) is 0 Å². The van der Waals surface area contributed by atoms with Crippen LogP contribution >= 0.6 is 22.9 Å². The van der Waals surface area contributed by atoms with Gasteiger partial charge in [0.05, 0.1) is 5.51 Å². The maximum absolute atomic E-state index is 5.74. The van der Waals surface area contributed by atoms with E-state index in [2.05, 4.69) is 10.3 Å². The Labute approximate surface area is 75.6 Å². The molecule has 1 unspecified atom stereocenters. The summed E-state index contributed by atoms with van der Waals surface area (Å²) in [4.78, 5) is 5.22. The van der Waals surface area contributed by atoms with Crippen LogP contribution in [-0.2, 0) is 6.54 Å². The maximum Gasteiger partial charge on any atom is 0.0794 e. The molecule has 0 fully saturated rings. The summed E-state index contributed by atoms with van der Waals surface area (Å²) in [5.74, 6) is 0. The molecule has 1 aromatic heterocycles. The van der Waals surface area contributed by atoms with Crippen LogP contribution in [0.3, 0.4) is 0 Å². The Kier molecular flexibility index (Phi) is 3.83. The van der Waals surface area contributed by atoms with Gasteiger partial charge < -0.3 is 5.32 Å². The molecule has 1 heterocycles. The average Bonchev–Trinajstić information content (AvgIpc) is 2.39. The van der Waals surface area contributed by atoms with E-state index in [9.17, 15) is 0 Å². The van der Waals surface area contributed by atoms with Gasteiger partial charge >= 0.3 is 0 Å². The Bertz CT molecular complexity index is 186. The lowest BCUT2D eigenvalue weighted by Gasteiger charge is -2.02. The molecule has 62 valence electrons. The van der Waals surface area contributed by atoms with Gasteiger partial charge in [0.2, 0.25) is 0 Å². The summed E-state index contributed by atoms with van der Waals surface area (Å²) in [5, 5.41) is 3.42. The number of hydrogen-bond acceptors (Lipinski definition) is 3. The molecule has 1 atom stereocenters. The molecular weight excluding hydrogens is 180 g/mol. The third-order valence-corrected chi connectivity index (χ3v) is 2.14. The summed E-state index contributed by atoms with van der Waals surface area (Å²) in [6, 6.07) is 0. The standard InChI is InChI=1S/C7H11ClN2S/c1-6(8)2-9-3-7-4-10-5-11-7/h4-6,9H,2-3H2,1H3.